The van der Waals surface area contributed by atoms with E-state index in [1.54, 1.807) is 26.8 Å². The summed E-state index contributed by atoms with van der Waals surface area (Å²) in [4.78, 5) is 43.5. The van der Waals surface area contributed by atoms with Crippen LogP contribution in [-0.2, 0) is 16.1 Å². The number of carbonyl (C=O) groups is 3. The van der Waals surface area contributed by atoms with Crippen molar-refractivity contribution in [3.05, 3.63) is 53.9 Å². The van der Waals surface area contributed by atoms with Gasteiger partial charge in [0.1, 0.15) is 23.6 Å². The quantitative estimate of drug-likeness (QED) is 0.506. The maximum atomic E-state index is 12.8. The lowest BCUT2D eigenvalue weighted by atomic mass is 10.2. The molecule has 0 N–H and O–H groups in total. The van der Waals surface area contributed by atoms with E-state index in [1.807, 2.05) is 0 Å². The topological polar surface area (TPSA) is 89.0 Å². The molecule has 32 heavy (non-hydrogen) atoms. The number of nitrogens with zero attached hydrogens (tertiary/aromatic N) is 3. The molecule has 0 bridgehead atoms. The van der Waals surface area contributed by atoms with Crippen LogP contribution in [0.15, 0.2) is 42.6 Å². The Labute approximate surface area is 181 Å². The number of rotatable bonds is 5. The van der Waals surface area contributed by atoms with Crippen LogP contribution >= 0.6 is 0 Å². The first-order chi connectivity index (χ1) is 14.8. The highest BCUT2D eigenvalue weighted by molar-refractivity contribution is 6.19. The molecule has 1 aromatic carbocycles. The molecule has 0 spiro atoms. The van der Waals surface area contributed by atoms with Crippen molar-refractivity contribution in [3.8, 4) is 5.75 Å². The number of imide groups is 1. The second-order valence-corrected chi connectivity index (χ2v) is 7.96. The van der Waals surface area contributed by atoms with Crippen LogP contribution in [-0.4, -0.2) is 46.3 Å². The predicted octanol–water partition coefficient (Wildman–Crippen LogP) is 3.90. The summed E-state index contributed by atoms with van der Waals surface area (Å²) in [6, 6.07) is 6.83. The van der Waals surface area contributed by atoms with E-state index in [0.29, 0.717) is 5.56 Å². The Morgan fingerprint density at radius 3 is 2.34 bits per heavy atom. The number of benzene rings is 1. The number of alkyl halides is 3. The van der Waals surface area contributed by atoms with Crippen molar-refractivity contribution in [3.63, 3.8) is 0 Å². The molecule has 0 unspecified atom stereocenters. The number of amides is 3. The van der Waals surface area contributed by atoms with Crippen LogP contribution < -0.4 is 9.64 Å². The SMILES string of the molecule is CC(C)(C)OC(=O)c1cc(CN2CC(=O)N(c3ccc(OC(F)(F)F)cc3)C2=O)ccn1. The summed E-state index contributed by atoms with van der Waals surface area (Å²) in [7, 11) is 0. The van der Waals surface area contributed by atoms with Crippen LogP contribution in [0, 0.1) is 0 Å². The van der Waals surface area contributed by atoms with E-state index in [4.69, 9.17) is 4.74 Å². The highest BCUT2D eigenvalue weighted by atomic mass is 19.4. The van der Waals surface area contributed by atoms with Gasteiger partial charge in [-0.15, -0.1) is 13.2 Å². The Hall–Kier alpha value is -3.63. The number of pyridine rings is 1. The monoisotopic (exact) mass is 451 g/mol. The molecular formula is C21H20F3N3O5. The molecule has 0 radical (unpaired) electrons. The Balaban J connectivity index is 1.72. The third kappa shape index (κ3) is 5.74. The van der Waals surface area contributed by atoms with Gasteiger partial charge in [-0.1, -0.05) is 0 Å². The van der Waals surface area contributed by atoms with Crippen LogP contribution in [0.1, 0.15) is 36.8 Å². The van der Waals surface area contributed by atoms with Crippen molar-refractivity contribution < 1.29 is 37.0 Å². The van der Waals surface area contributed by atoms with Gasteiger partial charge in [0.25, 0.3) is 5.91 Å². The van der Waals surface area contributed by atoms with Gasteiger partial charge in [0.15, 0.2) is 0 Å². The molecule has 2 aromatic rings. The number of carbonyl (C=O) groups excluding carboxylic acids is 3. The zero-order valence-electron chi connectivity index (χ0n) is 17.5. The van der Waals surface area contributed by atoms with E-state index < -0.39 is 35.6 Å². The highest BCUT2D eigenvalue weighted by Crippen LogP contribution is 2.28. The molecule has 0 saturated carbocycles. The van der Waals surface area contributed by atoms with Gasteiger partial charge in [0.2, 0.25) is 0 Å². The van der Waals surface area contributed by atoms with Gasteiger partial charge in [-0.2, -0.15) is 0 Å². The smallest absolute Gasteiger partial charge is 0.455 e. The van der Waals surface area contributed by atoms with Gasteiger partial charge in [-0.05, 0) is 62.7 Å². The van der Waals surface area contributed by atoms with Crippen molar-refractivity contribution in [2.45, 2.75) is 39.3 Å². The molecule has 0 atom stereocenters. The standard InChI is InChI=1S/C21H20F3N3O5/c1-20(2,3)32-18(29)16-10-13(8-9-25-16)11-26-12-17(28)27(19(26)30)14-4-6-15(7-5-14)31-21(22,23)24/h4-10H,11-12H2,1-3H3. The molecule has 8 nitrogen and oxygen atoms in total. The van der Waals surface area contributed by atoms with E-state index in [9.17, 15) is 27.6 Å². The summed E-state index contributed by atoms with van der Waals surface area (Å²) in [5, 5.41) is 0. The molecule has 1 saturated heterocycles. The summed E-state index contributed by atoms with van der Waals surface area (Å²) in [5.74, 6) is -1.63. The molecule has 2 heterocycles. The van der Waals surface area contributed by atoms with E-state index in [2.05, 4.69) is 9.72 Å². The van der Waals surface area contributed by atoms with Gasteiger partial charge < -0.3 is 14.4 Å². The minimum Gasteiger partial charge on any atom is -0.455 e. The van der Waals surface area contributed by atoms with Crippen molar-refractivity contribution in [1.29, 1.82) is 0 Å². The van der Waals surface area contributed by atoms with Crippen LogP contribution in [0.25, 0.3) is 0 Å². The predicted molar refractivity (Wildman–Crippen MR) is 106 cm³/mol. The van der Waals surface area contributed by atoms with Crippen LogP contribution in [0.3, 0.4) is 0 Å². The fraction of sp³-hybridized carbons (Fsp3) is 0.333. The van der Waals surface area contributed by atoms with Gasteiger partial charge in [0.05, 0.1) is 5.69 Å². The Kier molecular flexibility index (Phi) is 6.11. The first-order valence-electron chi connectivity index (χ1n) is 9.48. The zero-order valence-corrected chi connectivity index (χ0v) is 17.5. The Bertz CT molecular complexity index is 1030. The second kappa shape index (κ2) is 8.48. The molecule has 1 aromatic heterocycles. The number of hydrogen-bond donors (Lipinski definition) is 0. The fourth-order valence-corrected chi connectivity index (χ4v) is 2.96. The third-order valence-electron chi connectivity index (χ3n) is 4.17. The maximum absolute atomic E-state index is 12.8. The van der Waals surface area contributed by atoms with Crippen LogP contribution in [0.4, 0.5) is 23.7 Å². The van der Waals surface area contributed by atoms with Crippen LogP contribution in [0.2, 0.25) is 0 Å². The third-order valence-corrected chi connectivity index (χ3v) is 4.17. The first-order valence-corrected chi connectivity index (χ1v) is 9.48. The number of aromatic nitrogens is 1. The van der Waals surface area contributed by atoms with Crippen molar-refractivity contribution >= 4 is 23.6 Å². The molecule has 3 rings (SSSR count). The minimum absolute atomic E-state index is 0.0225. The summed E-state index contributed by atoms with van der Waals surface area (Å²) >= 11 is 0. The average molecular weight is 451 g/mol. The molecule has 1 fully saturated rings. The summed E-state index contributed by atoms with van der Waals surface area (Å²) < 4.78 is 46.0. The van der Waals surface area contributed by atoms with E-state index in [0.717, 1.165) is 17.0 Å². The number of urea groups is 1. The second-order valence-electron chi connectivity index (χ2n) is 7.96. The normalized spacial score (nSPS) is 14.7. The largest absolute Gasteiger partial charge is 0.573 e. The van der Waals surface area contributed by atoms with Gasteiger partial charge in [0, 0.05) is 12.7 Å². The molecule has 0 aliphatic carbocycles. The first kappa shape index (κ1) is 23.0. The molecular weight excluding hydrogens is 431 g/mol. The van der Waals surface area contributed by atoms with E-state index in [-0.39, 0.29) is 24.5 Å². The maximum Gasteiger partial charge on any atom is 0.573 e. The van der Waals surface area contributed by atoms with Crippen molar-refractivity contribution in [2.24, 2.45) is 0 Å². The molecule has 11 heteroatoms. The van der Waals surface area contributed by atoms with Gasteiger partial charge in [-0.25, -0.2) is 19.5 Å². The molecule has 170 valence electrons. The minimum atomic E-state index is -4.85. The molecule has 3 amide bonds. The number of ether oxygens (including phenoxy) is 2. The summed E-state index contributed by atoms with van der Waals surface area (Å²) in [5.41, 5.74) is 0.0271. The number of anilines is 1. The number of hydrogen-bond acceptors (Lipinski definition) is 6. The summed E-state index contributed by atoms with van der Waals surface area (Å²) in [6.45, 7) is 4.96. The summed E-state index contributed by atoms with van der Waals surface area (Å²) in [6.07, 6.45) is -3.45. The van der Waals surface area contributed by atoms with Gasteiger partial charge >= 0.3 is 18.4 Å². The van der Waals surface area contributed by atoms with E-state index in [1.165, 1.54) is 29.3 Å². The van der Waals surface area contributed by atoms with Crippen LogP contribution in [0.5, 0.6) is 5.75 Å². The average Bonchev–Trinajstić information content (AvgIpc) is 2.93. The molecule has 1 aliphatic heterocycles. The van der Waals surface area contributed by atoms with E-state index >= 15 is 0 Å². The van der Waals surface area contributed by atoms with Crippen molar-refractivity contribution in [2.75, 3.05) is 11.4 Å². The lowest BCUT2D eigenvalue weighted by molar-refractivity contribution is -0.274. The lowest BCUT2D eigenvalue weighted by Gasteiger charge is -2.20. The Morgan fingerprint density at radius 2 is 1.75 bits per heavy atom. The zero-order chi connectivity index (χ0) is 23.7. The molecule has 1 aliphatic rings. The fourth-order valence-electron chi connectivity index (χ4n) is 2.96. The number of halogens is 3. The lowest BCUT2D eigenvalue weighted by Crippen LogP contribution is -2.32. The van der Waals surface area contributed by atoms with Crippen molar-refractivity contribution in [1.82, 2.24) is 9.88 Å². The van der Waals surface area contributed by atoms with Gasteiger partial charge in [-0.3, -0.25) is 4.79 Å². The Morgan fingerprint density at radius 1 is 1.09 bits per heavy atom. The highest BCUT2D eigenvalue weighted by Gasteiger charge is 2.37. The number of esters is 1.